The minimum atomic E-state index is -1.17. The van der Waals surface area contributed by atoms with Crippen LogP contribution in [0.5, 0.6) is 0 Å². The van der Waals surface area contributed by atoms with Gasteiger partial charge in [-0.2, -0.15) is 0 Å². The van der Waals surface area contributed by atoms with Crippen molar-refractivity contribution in [2.45, 2.75) is 57.7 Å². The number of amides is 3. The first kappa shape index (κ1) is 24.1. The van der Waals surface area contributed by atoms with Crippen molar-refractivity contribution >= 4 is 23.7 Å². The zero-order chi connectivity index (χ0) is 22.0. The number of nitrogens with two attached hydrogens (primary N) is 2. The predicted octanol–water partition coefficient (Wildman–Crippen LogP) is -0.0778. The Kier molecular flexibility index (Phi) is 9.81. The van der Waals surface area contributed by atoms with E-state index in [0.717, 1.165) is 5.56 Å². The van der Waals surface area contributed by atoms with E-state index >= 15 is 0 Å². The first-order valence-corrected chi connectivity index (χ1v) is 9.51. The van der Waals surface area contributed by atoms with E-state index in [1.54, 1.807) is 24.3 Å². The number of hydrogen-bond donors (Lipinski definition) is 5. The number of hydrogen-bond acceptors (Lipinski definition) is 5. The number of benzene rings is 1. The van der Waals surface area contributed by atoms with Gasteiger partial charge in [0.15, 0.2) is 0 Å². The van der Waals surface area contributed by atoms with Gasteiger partial charge in [-0.25, -0.2) is 4.79 Å². The fraction of sp³-hybridized carbons (Fsp3) is 0.500. The standard InChI is InChI=1S/C20H30N4O5/c1-12(2)10-15(23-18(26)14(21)8-9-17(22)25)19(27)24-16(20(28)29)11-13-6-4-3-5-7-13/h3-7,12,14-16H,8-11,21H2,1-2H3,(H2,22,25)(H,23,26)(H,24,27)(H,28,29)/t14-,15-,16-/m0/s1. The Labute approximate surface area is 170 Å². The van der Waals surface area contributed by atoms with E-state index in [0.29, 0.717) is 6.42 Å². The highest BCUT2D eigenvalue weighted by molar-refractivity contribution is 5.92. The second-order valence-corrected chi connectivity index (χ2v) is 7.39. The molecule has 1 aromatic rings. The molecular weight excluding hydrogens is 376 g/mol. The molecule has 3 atom stereocenters. The fourth-order valence-electron chi connectivity index (χ4n) is 2.73. The van der Waals surface area contributed by atoms with Crippen LogP contribution in [0.15, 0.2) is 30.3 Å². The number of nitrogens with one attached hydrogen (secondary N) is 2. The molecule has 29 heavy (non-hydrogen) atoms. The van der Waals surface area contributed by atoms with Crippen molar-refractivity contribution in [3.05, 3.63) is 35.9 Å². The number of primary amides is 1. The van der Waals surface area contributed by atoms with Gasteiger partial charge in [0.2, 0.25) is 17.7 Å². The molecule has 0 aliphatic heterocycles. The number of carbonyl (C=O) groups excluding carboxylic acids is 3. The van der Waals surface area contributed by atoms with Gasteiger partial charge < -0.3 is 27.2 Å². The third-order valence-electron chi connectivity index (χ3n) is 4.28. The van der Waals surface area contributed by atoms with Gasteiger partial charge in [0.1, 0.15) is 12.1 Å². The van der Waals surface area contributed by atoms with Crippen LogP contribution in [0.2, 0.25) is 0 Å². The fourth-order valence-corrected chi connectivity index (χ4v) is 2.73. The first-order valence-electron chi connectivity index (χ1n) is 9.51. The van der Waals surface area contributed by atoms with Crippen molar-refractivity contribution in [3.8, 4) is 0 Å². The lowest BCUT2D eigenvalue weighted by atomic mass is 10.0. The lowest BCUT2D eigenvalue weighted by Crippen LogP contribution is -2.55. The summed E-state index contributed by atoms with van der Waals surface area (Å²) in [4.78, 5) is 47.4. The summed E-state index contributed by atoms with van der Waals surface area (Å²) in [6.07, 6.45) is 0.427. The third kappa shape index (κ3) is 9.20. The Bertz CT molecular complexity index is 708. The normalized spacial score (nSPS) is 13.9. The zero-order valence-electron chi connectivity index (χ0n) is 16.8. The quantitative estimate of drug-likeness (QED) is 0.326. The molecule has 0 saturated heterocycles. The maximum Gasteiger partial charge on any atom is 0.326 e. The van der Waals surface area contributed by atoms with Gasteiger partial charge in [-0.3, -0.25) is 14.4 Å². The van der Waals surface area contributed by atoms with Crippen LogP contribution < -0.4 is 22.1 Å². The summed E-state index contributed by atoms with van der Waals surface area (Å²) < 4.78 is 0. The number of rotatable bonds is 12. The summed E-state index contributed by atoms with van der Waals surface area (Å²) in [6.45, 7) is 3.75. The highest BCUT2D eigenvalue weighted by Gasteiger charge is 2.28. The highest BCUT2D eigenvalue weighted by Crippen LogP contribution is 2.08. The predicted molar refractivity (Wildman–Crippen MR) is 108 cm³/mol. The molecule has 1 rings (SSSR count). The van der Waals surface area contributed by atoms with Crippen molar-refractivity contribution in [2.75, 3.05) is 0 Å². The summed E-state index contributed by atoms with van der Waals surface area (Å²) in [7, 11) is 0. The molecule has 160 valence electrons. The van der Waals surface area contributed by atoms with Crippen LogP contribution in [-0.4, -0.2) is 46.9 Å². The number of carboxylic acid groups (broad SMARTS) is 1. The van der Waals surface area contributed by atoms with E-state index in [1.807, 2.05) is 19.9 Å². The van der Waals surface area contributed by atoms with Gasteiger partial charge in [0.25, 0.3) is 0 Å². The maximum atomic E-state index is 12.7. The van der Waals surface area contributed by atoms with Gasteiger partial charge in [-0.15, -0.1) is 0 Å². The van der Waals surface area contributed by atoms with Crippen LogP contribution in [0.4, 0.5) is 0 Å². The molecule has 1 aromatic carbocycles. The van der Waals surface area contributed by atoms with Crippen molar-refractivity contribution in [1.29, 1.82) is 0 Å². The van der Waals surface area contributed by atoms with E-state index in [2.05, 4.69) is 10.6 Å². The average Bonchev–Trinajstić information content (AvgIpc) is 2.65. The first-order chi connectivity index (χ1) is 13.6. The maximum absolute atomic E-state index is 12.7. The van der Waals surface area contributed by atoms with Gasteiger partial charge in [0.05, 0.1) is 6.04 Å². The van der Waals surface area contributed by atoms with Gasteiger partial charge in [0, 0.05) is 12.8 Å². The molecule has 0 radical (unpaired) electrons. The van der Waals surface area contributed by atoms with Crippen LogP contribution >= 0.6 is 0 Å². The minimum Gasteiger partial charge on any atom is -0.480 e. The Morgan fingerprint density at radius 3 is 2.10 bits per heavy atom. The molecule has 3 amide bonds. The Morgan fingerprint density at radius 1 is 1.00 bits per heavy atom. The van der Waals surface area contributed by atoms with Crippen molar-refractivity contribution in [1.82, 2.24) is 10.6 Å². The SMILES string of the molecule is CC(C)C[C@H](NC(=O)[C@@H](N)CCC(N)=O)C(=O)N[C@@H](Cc1ccccc1)C(=O)O. The molecule has 0 heterocycles. The summed E-state index contributed by atoms with van der Waals surface area (Å²) in [5.74, 6) is -2.88. The molecule has 9 heteroatoms. The molecule has 0 aliphatic carbocycles. The largest absolute Gasteiger partial charge is 0.480 e. The molecule has 0 bridgehead atoms. The molecule has 0 aliphatic rings. The van der Waals surface area contributed by atoms with Crippen molar-refractivity contribution < 1.29 is 24.3 Å². The molecule has 0 fully saturated rings. The molecule has 9 nitrogen and oxygen atoms in total. The van der Waals surface area contributed by atoms with Crippen LogP contribution in [0, 0.1) is 5.92 Å². The molecular formula is C20H30N4O5. The Hall–Kier alpha value is -2.94. The highest BCUT2D eigenvalue weighted by atomic mass is 16.4. The number of carboxylic acids is 1. The van der Waals surface area contributed by atoms with Crippen LogP contribution in [0.1, 0.15) is 38.7 Å². The number of carbonyl (C=O) groups is 4. The summed E-state index contributed by atoms with van der Waals surface area (Å²) in [5, 5.41) is 14.5. The van der Waals surface area contributed by atoms with Gasteiger partial charge in [-0.05, 0) is 24.3 Å². The smallest absolute Gasteiger partial charge is 0.326 e. The summed E-state index contributed by atoms with van der Waals surface area (Å²) >= 11 is 0. The van der Waals surface area contributed by atoms with Crippen LogP contribution in [-0.2, 0) is 25.6 Å². The molecule has 0 saturated carbocycles. The van der Waals surface area contributed by atoms with E-state index in [9.17, 15) is 24.3 Å². The summed E-state index contributed by atoms with van der Waals surface area (Å²) in [6, 6.07) is 5.84. The van der Waals surface area contributed by atoms with Gasteiger partial charge >= 0.3 is 5.97 Å². The third-order valence-corrected chi connectivity index (χ3v) is 4.28. The molecule has 7 N–H and O–H groups in total. The average molecular weight is 406 g/mol. The molecule has 0 aromatic heterocycles. The lowest BCUT2D eigenvalue weighted by Gasteiger charge is -2.24. The Balaban J connectivity index is 2.81. The van der Waals surface area contributed by atoms with Crippen molar-refractivity contribution in [2.24, 2.45) is 17.4 Å². The van der Waals surface area contributed by atoms with E-state index in [4.69, 9.17) is 11.5 Å². The van der Waals surface area contributed by atoms with Crippen molar-refractivity contribution in [3.63, 3.8) is 0 Å². The van der Waals surface area contributed by atoms with Crippen LogP contribution in [0.25, 0.3) is 0 Å². The summed E-state index contributed by atoms with van der Waals surface area (Å²) in [5.41, 5.74) is 11.6. The lowest BCUT2D eigenvalue weighted by molar-refractivity contribution is -0.142. The van der Waals surface area contributed by atoms with E-state index in [-0.39, 0.29) is 25.2 Å². The van der Waals surface area contributed by atoms with E-state index < -0.39 is 41.8 Å². The van der Waals surface area contributed by atoms with Crippen LogP contribution in [0.3, 0.4) is 0 Å². The zero-order valence-corrected chi connectivity index (χ0v) is 16.8. The second-order valence-electron chi connectivity index (χ2n) is 7.39. The van der Waals surface area contributed by atoms with E-state index in [1.165, 1.54) is 0 Å². The second kappa shape index (κ2) is 11.8. The topological polar surface area (TPSA) is 165 Å². The minimum absolute atomic E-state index is 0.0478. The Morgan fingerprint density at radius 2 is 1.59 bits per heavy atom. The molecule has 0 unspecified atom stereocenters. The van der Waals surface area contributed by atoms with Gasteiger partial charge in [-0.1, -0.05) is 44.2 Å². The molecule has 0 spiro atoms. The number of aliphatic carboxylic acids is 1. The monoisotopic (exact) mass is 406 g/mol.